The van der Waals surface area contributed by atoms with E-state index in [0.717, 1.165) is 42.1 Å². The van der Waals surface area contributed by atoms with E-state index >= 15 is 0 Å². The van der Waals surface area contributed by atoms with Crippen molar-refractivity contribution >= 4 is 22.5 Å². The van der Waals surface area contributed by atoms with Crippen molar-refractivity contribution in [3.05, 3.63) is 41.0 Å². The predicted molar refractivity (Wildman–Crippen MR) is 88.7 cm³/mol. The first-order chi connectivity index (χ1) is 10.3. The second-order valence-corrected chi connectivity index (χ2v) is 6.08. The Morgan fingerprint density at radius 1 is 1.38 bits per heavy atom. The van der Waals surface area contributed by atoms with Gasteiger partial charge in [-0.15, -0.1) is 0 Å². The van der Waals surface area contributed by atoms with Crippen molar-refractivity contribution in [2.24, 2.45) is 0 Å². The number of nitrogens with zero attached hydrogens (tertiary/aromatic N) is 2. The minimum absolute atomic E-state index is 0.623. The van der Waals surface area contributed by atoms with Crippen molar-refractivity contribution in [2.45, 2.75) is 32.4 Å². The minimum atomic E-state index is 0.623. The average Bonchev–Trinajstić information content (AvgIpc) is 2.55. The zero-order valence-corrected chi connectivity index (χ0v) is 13.2. The summed E-state index contributed by atoms with van der Waals surface area (Å²) < 4.78 is 0. The van der Waals surface area contributed by atoms with Crippen LogP contribution in [0.5, 0.6) is 0 Å². The summed E-state index contributed by atoms with van der Waals surface area (Å²) in [6.45, 7) is 6.48. The van der Waals surface area contributed by atoms with Gasteiger partial charge < -0.3 is 5.32 Å². The molecule has 1 aliphatic rings. The van der Waals surface area contributed by atoms with Gasteiger partial charge >= 0.3 is 0 Å². The number of hydrogen-bond acceptors (Lipinski definition) is 3. The molecule has 1 atom stereocenters. The summed E-state index contributed by atoms with van der Waals surface area (Å²) in [7, 11) is 0. The second-order valence-electron chi connectivity index (χ2n) is 5.67. The fourth-order valence-electron chi connectivity index (χ4n) is 3.19. The lowest BCUT2D eigenvalue weighted by Gasteiger charge is -2.34. The van der Waals surface area contributed by atoms with Gasteiger partial charge in [0.05, 0.1) is 5.52 Å². The molecular weight excluding hydrogens is 282 g/mol. The van der Waals surface area contributed by atoms with Crippen LogP contribution in [0, 0.1) is 0 Å². The van der Waals surface area contributed by atoms with Crippen molar-refractivity contribution in [2.75, 3.05) is 19.6 Å². The van der Waals surface area contributed by atoms with Crippen LogP contribution in [0.25, 0.3) is 10.9 Å². The third-order valence-corrected chi connectivity index (χ3v) is 4.70. The fraction of sp³-hybridized carbons (Fsp3) is 0.471. The van der Waals surface area contributed by atoms with Gasteiger partial charge in [0.2, 0.25) is 0 Å². The Hall–Kier alpha value is -1.16. The smallest absolute Gasteiger partial charge is 0.0761 e. The Bertz CT molecular complexity index is 608. The summed E-state index contributed by atoms with van der Waals surface area (Å²) in [4.78, 5) is 7.09. The maximum Gasteiger partial charge on any atom is 0.0761 e. The van der Waals surface area contributed by atoms with E-state index in [4.69, 9.17) is 11.6 Å². The van der Waals surface area contributed by atoms with E-state index < -0.39 is 0 Å². The van der Waals surface area contributed by atoms with Gasteiger partial charge in [0.25, 0.3) is 0 Å². The maximum absolute atomic E-state index is 6.28. The van der Waals surface area contributed by atoms with E-state index in [9.17, 15) is 0 Å². The second kappa shape index (κ2) is 6.73. The van der Waals surface area contributed by atoms with Crippen molar-refractivity contribution < 1.29 is 0 Å². The highest BCUT2D eigenvalue weighted by molar-refractivity contribution is 6.35. The van der Waals surface area contributed by atoms with E-state index in [-0.39, 0.29) is 0 Å². The third-order valence-electron chi connectivity index (χ3n) is 4.37. The first kappa shape index (κ1) is 14.8. The molecule has 1 saturated heterocycles. The van der Waals surface area contributed by atoms with E-state index in [0.29, 0.717) is 6.04 Å². The van der Waals surface area contributed by atoms with Crippen LogP contribution in [0.3, 0.4) is 0 Å². The largest absolute Gasteiger partial charge is 0.315 e. The number of piperidine rings is 1. The lowest BCUT2D eigenvalue weighted by atomic mass is 10.0. The van der Waals surface area contributed by atoms with Crippen LogP contribution in [0.2, 0.25) is 5.02 Å². The van der Waals surface area contributed by atoms with E-state index in [1.807, 2.05) is 24.4 Å². The molecule has 4 heteroatoms. The molecule has 1 aliphatic heterocycles. The molecular formula is C17H22ClN3. The van der Waals surface area contributed by atoms with E-state index in [2.05, 4.69) is 28.2 Å². The minimum Gasteiger partial charge on any atom is -0.315 e. The Morgan fingerprint density at radius 3 is 3.05 bits per heavy atom. The molecule has 1 fully saturated rings. The van der Waals surface area contributed by atoms with E-state index in [1.54, 1.807) is 0 Å². The van der Waals surface area contributed by atoms with Gasteiger partial charge in [0, 0.05) is 35.7 Å². The molecule has 0 bridgehead atoms. The Morgan fingerprint density at radius 2 is 2.29 bits per heavy atom. The van der Waals surface area contributed by atoms with Gasteiger partial charge in [0.1, 0.15) is 0 Å². The first-order valence-electron chi connectivity index (χ1n) is 7.76. The van der Waals surface area contributed by atoms with Crippen LogP contribution in [0.4, 0.5) is 0 Å². The number of benzene rings is 1. The number of fused-ring (bicyclic) bond motifs is 1. The van der Waals surface area contributed by atoms with E-state index in [1.165, 1.54) is 18.4 Å². The number of hydrogen-bond donors (Lipinski definition) is 1. The number of nitrogens with one attached hydrogen (secondary N) is 1. The summed E-state index contributed by atoms with van der Waals surface area (Å²) in [6.07, 6.45) is 4.39. The molecule has 1 aromatic carbocycles. The SMILES string of the molecule is CCN(Cc1ccc(Cl)c2cccnc12)C1CCCNC1. The van der Waals surface area contributed by atoms with Gasteiger partial charge in [-0.3, -0.25) is 9.88 Å². The number of pyridine rings is 1. The number of aromatic nitrogens is 1. The molecule has 2 heterocycles. The molecule has 0 aliphatic carbocycles. The van der Waals surface area contributed by atoms with Gasteiger partial charge in [-0.25, -0.2) is 0 Å². The third kappa shape index (κ3) is 3.20. The Labute approximate surface area is 131 Å². The van der Waals surface area contributed by atoms with Crippen molar-refractivity contribution in [3.8, 4) is 0 Å². The number of halogens is 1. The van der Waals surface area contributed by atoms with Crippen molar-refractivity contribution in [3.63, 3.8) is 0 Å². The predicted octanol–water partition coefficient (Wildman–Crippen LogP) is 3.46. The Kier molecular flexibility index (Phi) is 4.73. The maximum atomic E-state index is 6.28. The van der Waals surface area contributed by atoms with Crippen molar-refractivity contribution in [1.29, 1.82) is 0 Å². The molecule has 0 spiro atoms. The standard InChI is InChI=1S/C17H22ClN3/c1-2-21(14-5-3-9-19-11-14)12-13-7-8-16(18)15-6-4-10-20-17(13)15/h4,6-8,10,14,19H,2-3,5,9,11-12H2,1H3. The monoisotopic (exact) mass is 303 g/mol. The topological polar surface area (TPSA) is 28.2 Å². The van der Waals surface area contributed by atoms with Crippen LogP contribution < -0.4 is 5.32 Å². The number of likely N-dealkylation sites (N-methyl/N-ethyl adjacent to an activating group) is 1. The van der Waals surface area contributed by atoms with Crippen LogP contribution >= 0.6 is 11.6 Å². The molecule has 3 nitrogen and oxygen atoms in total. The summed E-state index contributed by atoms with van der Waals surface area (Å²) in [5, 5.41) is 5.34. The average molecular weight is 304 g/mol. The summed E-state index contributed by atoms with van der Waals surface area (Å²) in [5.74, 6) is 0. The lowest BCUT2D eigenvalue weighted by molar-refractivity contribution is 0.166. The zero-order chi connectivity index (χ0) is 14.7. The fourth-order valence-corrected chi connectivity index (χ4v) is 3.40. The molecule has 3 rings (SSSR count). The summed E-state index contributed by atoms with van der Waals surface area (Å²) >= 11 is 6.28. The van der Waals surface area contributed by atoms with Crippen LogP contribution in [0.1, 0.15) is 25.3 Å². The highest BCUT2D eigenvalue weighted by atomic mass is 35.5. The van der Waals surface area contributed by atoms with Gasteiger partial charge in [-0.1, -0.05) is 24.6 Å². The summed E-state index contributed by atoms with van der Waals surface area (Å²) in [5.41, 5.74) is 2.30. The zero-order valence-electron chi connectivity index (χ0n) is 12.5. The molecule has 21 heavy (non-hydrogen) atoms. The normalized spacial score (nSPS) is 19.3. The van der Waals surface area contributed by atoms with Crippen LogP contribution in [-0.2, 0) is 6.54 Å². The molecule has 1 unspecified atom stereocenters. The molecule has 0 amide bonds. The van der Waals surface area contributed by atoms with Gasteiger partial charge in [-0.2, -0.15) is 0 Å². The molecule has 1 N–H and O–H groups in total. The quantitative estimate of drug-likeness (QED) is 0.937. The van der Waals surface area contributed by atoms with Crippen molar-refractivity contribution in [1.82, 2.24) is 15.2 Å². The lowest BCUT2D eigenvalue weighted by Crippen LogP contribution is -2.45. The van der Waals surface area contributed by atoms with Crippen LogP contribution in [-0.4, -0.2) is 35.6 Å². The van der Waals surface area contributed by atoms with Gasteiger partial charge in [-0.05, 0) is 49.7 Å². The number of rotatable bonds is 4. The highest BCUT2D eigenvalue weighted by Crippen LogP contribution is 2.26. The molecule has 0 radical (unpaired) electrons. The Balaban J connectivity index is 1.87. The van der Waals surface area contributed by atoms with Gasteiger partial charge in [0.15, 0.2) is 0 Å². The molecule has 2 aromatic rings. The molecule has 1 aromatic heterocycles. The summed E-state index contributed by atoms with van der Waals surface area (Å²) in [6, 6.07) is 8.73. The first-order valence-corrected chi connectivity index (χ1v) is 8.14. The molecule has 0 saturated carbocycles. The highest BCUT2D eigenvalue weighted by Gasteiger charge is 2.20. The molecule has 112 valence electrons. The van der Waals surface area contributed by atoms with Crippen LogP contribution in [0.15, 0.2) is 30.5 Å².